The van der Waals surface area contributed by atoms with Crippen molar-refractivity contribution in [1.82, 2.24) is 4.72 Å². The highest BCUT2D eigenvalue weighted by atomic mass is 32.2. The summed E-state index contributed by atoms with van der Waals surface area (Å²) in [5, 5.41) is 2.43. The van der Waals surface area contributed by atoms with Crippen LogP contribution in [0.5, 0.6) is 0 Å². The maximum atomic E-state index is 13.3. The van der Waals surface area contributed by atoms with Crippen LogP contribution in [0.4, 0.5) is 14.5 Å². The van der Waals surface area contributed by atoms with Gasteiger partial charge < -0.3 is 5.32 Å². The van der Waals surface area contributed by atoms with Crippen molar-refractivity contribution in [2.75, 3.05) is 5.32 Å². The summed E-state index contributed by atoms with van der Waals surface area (Å²) in [4.78, 5) is 12.6. The first-order valence-corrected chi connectivity index (χ1v) is 9.91. The fourth-order valence-electron chi connectivity index (χ4n) is 2.46. The Kier molecular flexibility index (Phi) is 6.67. The molecule has 2 N–H and O–H groups in total. The molecular formula is C19H22F2N2O3S. The predicted octanol–water partition coefficient (Wildman–Crippen LogP) is 3.60. The van der Waals surface area contributed by atoms with Crippen molar-refractivity contribution in [1.29, 1.82) is 0 Å². The van der Waals surface area contributed by atoms with Gasteiger partial charge in [0.15, 0.2) is 11.6 Å². The van der Waals surface area contributed by atoms with E-state index in [0.717, 1.165) is 17.7 Å². The van der Waals surface area contributed by atoms with Crippen LogP contribution in [-0.4, -0.2) is 20.4 Å². The fourth-order valence-corrected chi connectivity index (χ4v) is 3.66. The molecule has 0 bridgehead atoms. The lowest BCUT2D eigenvalue weighted by Crippen LogP contribution is -2.44. The molecule has 0 aliphatic carbocycles. The summed E-state index contributed by atoms with van der Waals surface area (Å²) in [7, 11) is -3.92. The Balaban J connectivity index is 2.21. The smallest absolute Gasteiger partial charge is 0.242 e. The van der Waals surface area contributed by atoms with Crippen molar-refractivity contribution in [2.45, 2.75) is 38.1 Å². The second-order valence-corrected chi connectivity index (χ2v) is 8.45. The van der Waals surface area contributed by atoms with Crippen LogP contribution in [0.1, 0.15) is 25.8 Å². The van der Waals surface area contributed by atoms with Gasteiger partial charge in [-0.1, -0.05) is 31.5 Å². The summed E-state index contributed by atoms with van der Waals surface area (Å²) >= 11 is 0. The van der Waals surface area contributed by atoms with Crippen LogP contribution in [-0.2, 0) is 14.8 Å². The molecule has 0 saturated heterocycles. The Morgan fingerprint density at radius 1 is 1.04 bits per heavy atom. The summed E-state index contributed by atoms with van der Waals surface area (Å²) in [6, 6.07) is 8.10. The molecule has 2 aromatic carbocycles. The highest BCUT2D eigenvalue weighted by molar-refractivity contribution is 7.89. The molecule has 5 nitrogen and oxygen atoms in total. The summed E-state index contributed by atoms with van der Waals surface area (Å²) in [6.45, 7) is 5.52. The molecule has 0 radical (unpaired) electrons. The van der Waals surface area contributed by atoms with Crippen LogP contribution < -0.4 is 10.0 Å². The van der Waals surface area contributed by atoms with Gasteiger partial charge in [0.25, 0.3) is 0 Å². The lowest BCUT2D eigenvalue weighted by molar-refractivity contribution is -0.118. The van der Waals surface area contributed by atoms with Crippen molar-refractivity contribution in [3.63, 3.8) is 0 Å². The normalized spacial score (nSPS) is 12.8. The van der Waals surface area contributed by atoms with Gasteiger partial charge in [0.2, 0.25) is 15.9 Å². The first-order valence-electron chi connectivity index (χ1n) is 8.43. The van der Waals surface area contributed by atoms with E-state index in [1.807, 2.05) is 20.8 Å². The van der Waals surface area contributed by atoms with Crippen molar-refractivity contribution in [3.8, 4) is 0 Å². The van der Waals surface area contributed by atoms with Gasteiger partial charge >= 0.3 is 0 Å². The molecule has 0 aliphatic heterocycles. The fraction of sp³-hybridized carbons (Fsp3) is 0.316. The Morgan fingerprint density at radius 2 is 1.67 bits per heavy atom. The Labute approximate surface area is 157 Å². The van der Waals surface area contributed by atoms with Crippen LogP contribution >= 0.6 is 0 Å². The number of rotatable bonds is 7. The van der Waals surface area contributed by atoms with E-state index in [4.69, 9.17) is 0 Å². The van der Waals surface area contributed by atoms with E-state index < -0.39 is 33.6 Å². The molecule has 0 unspecified atom stereocenters. The molecule has 0 aromatic heterocycles. The van der Waals surface area contributed by atoms with Crippen LogP contribution in [0.2, 0.25) is 0 Å². The zero-order chi connectivity index (χ0) is 20.2. The number of anilines is 1. The largest absolute Gasteiger partial charge is 0.325 e. The van der Waals surface area contributed by atoms with Crippen molar-refractivity contribution < 1.29 is 22.0 Å². The second-order valence-electron chi connectivity index (χ2n) is 6.73. The number of halogens is 2. The van der Waals surface area contributed by atoms with E-state index in [-0.39, 0.29) is 22.9 Å². The number of amides is 1. The molecule has 0 spiro atoms. The Bertz CT molecular complexity index is 913. The number of aryl methyl sites for hydroxylation is 1. The van der Waals surface area contributed by atoms with E-state index in [1.165, 1.54) is 18.2 Å². The van der Waals surface area contributed by atoms with Gasteiger partial charge in [-0.15, -0.1) is 0 Å². The average molecular weight is 396 g/mol. The van der Waals surface area contributed by atoms with E-state index in [2.05, 4.69) is 10.0 Å². The zero-order valence-corrected chi connectivity index (χ0v) is 16.1. The molecule has 2 aromatic rings. The van der Waals surface area contributed by atoms with Crippen LogP contribution in [0.3, 0.4) is 0 Å². The second kappa shape index (κ2) is 8.58. The molecule has 146 valence electrons. The van der Waals surface area contributed by atoms with Gasteiger partial charge in [0, 0.05) is 11.8 Å². The molecule has 0 heterocycles. The lowest BCUT2D eigenvalue weighted by Gasteiger charge is -2.20. The van der Waals surface area contributed by atoms with Crippen molar-refractivity contribution in [3.05, 3.63) is 59.7 Å². The van der Waals surface area contributed by atoms with Crippen molar-refractivity contribution >= 4 is 21.6 Å². The minimum atomic E-state index is -3.92. The number of hydrogen-bond donors (Lipinski definition) is 2. The van der Waals surface area contributed by atoms with E-state index in [0.29, 0.717) is 0 Å². The number of hydrogen-bond acceptors (Lipinski definition) is 3. The SMILES string of the molecule is Cc1ccc(S(=O)(=O)N[C@@H](CC(C)C)C(=O)Nc2ccc(F)c(F)c2)cc1. The molecule has 0 fully saturated rings. The predicted molar refractivity (Wildman–Crippen MR) is 99.7 cm³/mol. The molecule has 1 atom stereocenters. The van der Waals surface area contributed by atoms with Crippen LogP contribution in [0, 0.1) is 24.5 Å². The number of carbonyl (C=O) groups is 1. The van der Waals surface area contributed by atoms with Gasteiger partial charge in [-0.25, -0.2) is 17.2 Å². The minimum absolute atomic E-state index is 0.0198. The van der Waals surface area contributed by atoms with Gasteiger partial charge in [-0.3, -0.25) is 4.79 Å². The molecule has 1 amide bonds. The zero-order valence-electron chi connectivity index (χ0n) is 15.3. The average Bonchev–Trinajstić information content (AvgIpc) is 2.57. The monoisotopic (exact) mass is 396 g/mol. The Morgan fingerprint density at radius 3 is 2.22 bits per heavy atom. The highest BCUT2D eigenvalue weighted by Gasteiger charge is 2.26. The van der Waals surface area contributed by atoms with Crippen LogP contribution in [0.25, 0.3) is 0 Å². The van der Waals surface area contributed by atoms with Gasteiger partial charge in [0.05, 0.1) is 4.90 Å². The Hall–Kier alpha value is -2.32. The summed E-state index contributed by atoms with van der Waals surface area (Å²) < 4.78 is 53.9. The third-order valence-corrected chi connectivity index (χ3v) is 5.33. The first kappa shape index (κ1) is 21.0. The number of nitrogens with one attached hydrogen (secondary N) is 2. The first-order chi connectivity index (χ1) is 12.6. The third kappa shape index (κ3) is 5.83. The third-order valence-electron chi connectivity index (χ3n) is 3.84. The number of sulfonamides is 1. The molecular weight excluding hydrogens is 374 g/mol. The topological polar surface area (TPSA) is 75.3 Å². The molecule has 0 saturated carbocycles. The number of carbonyl (C=O) groups excluding carboxylic acids is 1. The van der Waals surface area contributed by atoms with E-state index >= 15 is 0 Å². The number of benzene rings is 2. The van der Waals surface area contributed by atoms with Gasteiger partial charge in [-0.2, -0.15) is 4.72 Å². The molecule has 8 heteroatoms. The quantitative estimate of drug-likeness (QED) is 0.751. The molecule has 0 aliphatic rings. The minimum Gasteiger partial charge on any atom is -0.325 e. The van der Waals surface area contributed by atoms with E-state index in [1.54, 1.807) is 12.1 Å². The maximum Gasteiger partial charge on any atom is 0.242 e. The van der Waals surface area contributed by atoms with Crippen LogP contribution in [0.15, 0.2) is 47.4 Å². The molecule has 27 heavy (non-hydrogen) atoms. The summed E-state index contributed by atoms with van der Waals surface area (Å²) in [5.41, 5.74) is 0.950. The standard InChI is InChI=1S/C19H22F2N2O3S/c1-12(2)10-18(19(24)22-14-6-9-16(20)17(21)11-14)23-27(25,26)15-7-4-13(3)5-8-15/h4-9,11-12,18,23H,10H2,1-3H3,(H,22,24)/t18-/m0/s1. The molecule has 2 rings (SSSR count). The summed E-state index contributed by atoms with van der Waals surface area (Å²) in [6.07, 6.45) is 0.237. The van der Waals surface area contributed by atoms with Crippen molar-refractivity contribution in [2.24, 2.45) is 5.92 Å². The summed E-state index contributed by atoms with van der Waals surface area (Å²) in [5.74, 6) is -2.77. The highest BCUT2D eigenvalue weighted by Crippen LogP contribution is 2.17. The maximum absolute atomic E-state index is 13.3. The van der Waals surface area contributed by atoms with E-state index in [9.17, 15) is 22.0 Å². The van der Waals surface area contributed by atoms with Gasteiger partial charge in [0.1, 0.15) is 6.04 Å². The van der Waals surface area contributed by atoms with Gasteiger partial charge in [-0.05, 0) is 43.5 Å². The lowest BCUT2D eigenvalue weighted by atomic mass is 10.0.